The van der Waals surface area contributed by atoms with Crippen molar-refractivity contribution in [1.29, 1.82) is 0 Å². The molecule has 1 heterocycles. The standard InChI is InChI=1S/C15H18N2O2/c1-3-9-17(4-2)14-10-12(15(18)19)11-7-5-6-8-13(11)16-14/h5-8,10H,3-4,9H2,1-2H3,(H,18,19). The van der Waals surface area contributed by atoms with Crippen LogP contribution in [0.15, 0.2) is 30.3 Å². The average molecular weight is 258 g/mol. The summed E-state index contributed by atoms with van der Waals surface area (Å²) in [6.45, 7) is 5.84. The highest BCUT2D eigenvalue weighted by Gasteiger charge is 2.14. The third-order valence-corrected chi connectivity index (χ3v) is 3.13. The van der Waals surface area contributed by atoms with Gasteiger partial charge < -0.3 is 10.0 Å². The minimum absolute atomic E-state index is 0.315. The van der Waals surface area contributed by atoms with Gasteiger partial charge in [-0.1, -0.05) is 25.1 Å². The number of carbonyl (C=O) groups is 1. The Morgan fingerprint density at radius 2 is 2.05 bits per heavy atom. The van der Waals surface area contributed by atoms with Gasteiger partial charge in [0.2, 0.25) is 0 Å². The normalized spacial score (nSPS) is 10.6. The predicted octanol–water partition coefficient (Wildman–Crippen LogP) is 3.17. The fourth-order valence-electron chi connectivity index (χ4n) is 2.20. The molecule has 1 aromatic carbocycles. The SMILES string of the molecule is CCCN(CC)c1cc(C(=O)O)c2ccccc2n1. The lowest BCUT2D eigenvalue weighted by Gasteiger charge is -2.22. The second kappa shape index (κ2) is 5.69. The molecule has 0 fully saturated rings. The van der Waals surface area contributed by atoms with E-state index in [0.717, 1.165) is 30.8 Å². The Labute approximate surface area is 112 Å². The van der Waals surface area contributed by atoms with Gasteiger partial charge in [0.25, 0.3) is 0 Å². The molecule has 0 unspecified atom stereocenters. The van der Waals surface area contributed by atoms with Crippen LogP contribution in [0.1, 0.15) is 30.6 Å². The van der Waals surface area contributed by atoms with Crippen LogP contribution < -0.4 is 4.90 Å². The number of para-hydroxylation sites is 1. The number of rotatable bonds is 5. The lowest BCUT2D eigenvalue weighted by atomic mass is 10.1. The number of aromatic carboxylic acids is 1. The molecule has 0 aliphatic rings. The van der Waals surface area contributed by atoms with Crippen LogP contribution in [0.5, 0.6) is 0 Å². The zero-order chi connectivity index (χ0) is 13.8. The molecular weight excluding hydrogens is 240 g/mol. The first kappa shape index (κ1) is 13.3. The van der Waals surface area contributed by atoms with Crippen LogP contribution in [-0.2, 0) is 0 Å². The summed E-state index contributed by atoms with van der Waals surface area (Å²) in [5.41, 5.74) is 1.04. The summed E-state index contributed by atoms with van der Waals surface area (Å²) in [5.74, 6) is -0.173. The van der Waals surface area contributed by atoms with Crippen LogP contribution in [-0.4, -0.2) is 29.1 Å². The van der Waals surface area contributed by atoms with Crippen LogP contribution in [0.3, 0.4) is 0 Å². The van der Waals surface area contributed by atoms with Gasteiger partial charge >= 0.3 is 5.97 Å². The molecule has 0 radical (unpaired) electrons. The van der Waals surface area contributed by atoms with E-state index in [1.54, 1.807) is 12.1 Å². The number of anilines is 1. The van der Waals surface area contributed by atoms with Crippen LogP contribution in [0.2, 0.25) is 0 Å². The number of hydrogen-bond acceptors (Lipinski definition) is 3. The maximum atomic E-state index is 11.4. The van der Waals surface area contributed by atoms with Gasteiger partial charge in [-0.2, -0.15) is 0 Å². The molecule has 19 heavy (non-hydrogen) atoms. The Morgan fingerprint density at radius 1 is 1.32 bits per heavy atom. The Balaban J connectivity index is 2.60. The molecule has 0 aliphatic carbocycles. The summed E-state index contributed by atoms with van der Waals surface area (Å²) in [5, 5.41) is 10.0. The monoisotopic (exact) mass is 258 g/mol. The molecule has 0 amide bonds. The van der Waals surface area contributed by atoms with E-state index in [9.17, 15) is 9.90 Å². The lowest BCUT2D eigenvalue weighted by Crippen LogP contribution is -2.24. The topological polar surface area (TPSA) is 53.4 Å². The number of nitrogens with zero attached hydrogens (tertiary/aromatic N) is 2. The van der Waals surface area contributed by atoms with E-state index in [2.05, 4.69) is 16.8 Å². The minimum Gasteiger partial charge on any atom is -0.478 e. The Hall–Kier alpha value is -2.10. The molecule has 0 saturated carbocycles. The van der Waals surface area contributed by atoms with Crippen molar-refractivity contribution in [1.82, 2.24) is 4.98 Å². The van der Waals surface area contributed by atoms with E-state index in [1.165, 1.54) is 0 Å². The Morgan fingerprint density at radius 3 is 2.68 bits per heavy atom. The number of hydrogen-bond donors (Lipinski definition) is 1. The highest BCUT2D eigenvalue weighted by atomic mass is 16.4. The van der Waals surface area contributed by atoms with E-state index in [0.29, 0.717) is 10.9 Å². The van der Waals surface area contributed by atoms with Crippen LogP contribution in [0, 0.1) is 0 Å². The van der Waals surface area contributed by atoms with Gasteiger partial charge in [0.1, 0.15) is 5.82 Å². The van der Waals surface area contributed by atoms with Gasteiger partial charge in [0, 0.05) is 18.5 Å². The summed E-state index contributed by atoms with van der Waals surface area (Å²) in [7, 11) is 0. The average Bonchev–Trinajstić information content (AvgIpc) is 2.43. The summed E-state index contributed by atoms with van der Waals surface area (Å²) in [4.78, 5) is 18.1. The van der Waals surface area contributed by atoms with E-state index in [1.807, 2.05) is 25.1 Å². The summed E-state index contributed by atoms with van der Waals surface area (Å²) in [6, 6.07) is 9.03. The Bertz CT molecular complexity index is 596. The molecule has 0 atom stereocenters. The second-order valence-electron chi connectivity index (χ2n) is 4.43. The molecule has 1 aromatic heterocycles. The molecule has 1 N–H and O–H groups in total. The number of aromatic nitrogens is 1. The number of carboxylic acid groups (broad SMARTS) is 1. The van der Waals surface area contributed by atoms with E-state index in [-0.39, 0.29) is 0 Å². The second-order valence-corrected chi connectivity index (χ2v) is 4.43. The molecule has 0 bridgehead atoms. The highest BCUT2D eigenvalue weighted by molar-refractivity contribution is 6.03. The lowest BCUT2D eigenvalue weighted by molar-refractivity contribution is 0.0699. The van der Waals surface area contributed by atoms with Crippen molar-refractivity contribution in [2.75, 3.05) is 18.0 Å². The molecule has 0 spiro atoms. The number of carboxylic acids is 1. The van der Waals surface area contributed by atoms with Gasteiger partial charge in [0.15, 0.2) is 0 Å². The van der Waals surface area contributed by atoms with Crippen LogP contribution >= 0.6 is 0 Å². The quantitative estimate of drug-likeness (QED) is 0.895. The summed E-state index contributed by atoms with van der Waals surface area (Å²) in [6.07, 6.45) is 1.00. The van der Waals surface area contributed by atoms with E-state index >= 15 is 0 Å². The predicted molar refractivity (Wildman–Crippen MR) is 76.9 cm³/mol. The molecular formula is C15H18N2O2. The maximum absolute atomic E-state index is 11.4. The fraction of sp³-hybridized carbons (Fsp3) is 0.333. The highest BCUT2D eigenvalue weighted by Crippen LogP contribution is 2.23. The van der Waals surface area contributed by atoms with Crippen molar-refractivity contribution < 1.29 is 9.90 Å². The molecule has 100 valence electrons. The molecule has 0 saturated heterocycles. The number of pyridine rings is 1. The molecule has 4 heteroatoms. The number of benzene rings is 1. The molecule has 2 aromatic rings. The van der Waals surface area contributed by atoms with Gasteiger partial charge in [-0.15, -0.1) is 0 Å². The van der Waals surface area contributed by atoms with Crippen LogP contribution in [0.4, 0.5) is 5.82 Å². The molecule has 4 nitrogen and oxygen atoms in total. The van der Waals surface area contributed by atoms with Crippen molar-refractivity contribution in [2.45, 2.75) is 20.3 Å². The smallest absolute Gasteiger partial charge is 0.336 e. The van der Waals surface area contributed by atoms with E-state index in [4.69, 9.17) is 0 Å². The van der Waals surface area contributed by atoms with Crippen molar-refractivity contribution in [3.05, 3.63) is 35.9 Å². The molecule has 2 rings (SSSR count). The van der Waals surface area contributed by atoms with Crippen LogP contribution in [0.25, 0.3) is 10.9 Å². The fourth-order valence-corrected chi connectivity index (χ4v) is 2.20. The summed E-state index contributed by atoms with van der Waals surface area (Å²) >= 11 is 0. The van der Waals surface area contributed by atoms with Crippen molar-refractivity contribution in [3.8, 4) is 0 Å². The van der Waals surface area contributed by atoms with Gasteiger partial charge in [-0.25, -0.2) is 9.78 Å². The van der Waals surface area contributed by atoms with Gasteiger partial charge in [0.05, 0.1) is 11.1 Å². The Kier molecular flexibility index (Phi) is 4.00. The third kappa shape index (κ3) is 2.67. The van der Waals surface area contributed by atoms with Crippen molar-refractivity contribution in [3.63, 3.8) is 0 Å². The van der Waals surface area contributed by atoms with E-state index < -0.39 is 5.97 Å². The first-order valence-corrected chi connectivity index (χ1v) is 6.55. The zero-order valence-corrected chi connectivity index (χ0v) is 11.3. The summed E-state index contributed by atoms with van der Waals surface area (Å²) < 4.78 is 0. The third-order valence-electron chi connectivity index (χ3n) is 3.13. The maximum Gasteiger partial charge on any atom is 0.336 e. The largest absolute Gasteiger partial charge is 0.478 e. The van der Waals surface area contributed by atoms with Gasteiger partial charge in [-0.05, 0) is 25.5 Å². The zero-order valence-electron chi connectivity index (χ0n) is 11.3. The molecule has 0 aliphatic heterocycles. The van der Waals surface area contributed by atoms with Crippen molar-refractivity contribution >= 4 is 22.7 Å². The van der Waals surface area contributed by atoms with Gasteiger partial charge in [-0.3, -0.25) is 0 Å². The first-order valence-electron chi connectivity index (χ1n) is 6.55. The first-order chi connectivity index (χ1) is 9.17. The minimum atomic E-state index is -0.910. The van der Waals surface area contributed by atoms with Crippen molar-refractivity contribution in [2.24, 2.45) is 0 Å². The number of fused-ring (bicyclic) bond motifs is 1.